The van der Waals surface area contributed by atoms with Gasteiger partial charge < -0.3 is 5.11 Å². The van der Waals surface area contributed by atoms with Crippen molar-refractivity contribution in [3.8, 4) is 0 Å². The molecule has 1 unspecified atom stereocenters. The van der Waals surface area contributed by atoms with Crippen LogP contribution in [0, 0.1) is 10.8 Å². The van der Waals surface area contributed by atoms with E-state index in [0.717, 1.165) is 6.42 Å². The first-order chi connectivity index (χ1) is 9.77. The molecule has 1 fully saturated rings. The van der Waals surface area contributed by atoms with Crippen LogP contribution in [0.25, 0.3) is 0 Å². The average molecular weight is 317 g/mol. The highest BCUT2D eigenvalue weighted by Gasteiger charge is 2.41. The second-order valence-electron chi connectivity index (χ2n) is 8.10. The molecular weight excluding hydrogens is 282 g/mol. The summed E-state index contributed by atoms with van der Waals surface area (Å²) in [6, 6.07) is -0.286. The third kappa shape index (κ3) is 5.04. The molecule has 0 aromatic rings. The predicted octanol–water partition coefficient (Wildman–Crippen LogP) is 1.67. The molecule has 0 aliphatic carbocycles. The summed E-state index contributed by atoms with van der Waals surface area (Å²) >= 11 is 0. The lowest BCUT2D eigenvalue weighted by molar-refractivity contribution is -0.154. The van der Waals surface area contributed by atoms with Crippen molar-refractivity contribution in [2.75, 3.05) is 6.54 Å². The summed E-state index contributed by atoms with van der Waals surface area (Å²) in [6.45, 7) is 11.6. The van der Waals surface area contributed by atoms with Crippen molar-refractivity contribution in [3.05, 3.63) is 0 Å². The van der Waals surface area contributed by atoms with E-state index >= 15 is 0 Å². The maximum Gasteiger partial charge on any atom is 0.229 e. The number of nitrogens with one attached hydrogen (secondary N) is 1. The predicted molar refractivity (Wildman–Crippen MR) is 89.8 cm³/mol. The minimum absolute atomic E-state index is 0. The molecular formula is C16H35N3O3. The van der Waals surface area contributed by atoms with Gasteiger partial charge in [0.1, 0.15) is 0 Å². The summed E-state index contributed by atoms with van der Waals surface area (Å²) in [7, 11) is 0. The van der Waals surface area contributed by atoms with E-state index in [1.165, 1.54) is 11.8 Å². The van der Waals surface area contributed by atoms with Crippen molar-refractivity contribution in [2.24, 2.45) is 16.6 Å². The highest BCUT2D eigenvalue weighted by atomic mass is 16.3. The van der Waals surface area contributed by atoms with E-state index in [-0.39, 0.29) is 38.1 Å². The van der Waals surface area contributed by atoms with Gasteiger partial charge in [-0.3, -0.25) is 25.5 Å². The third-order valence-corrected chi connectivity index (χ3v) is 4.55. The normalized spacial score (nSPS) is 23.4. The van der Waals surface area contributed by atoms with Gasteiger partial charge in [0.25, 0.3) is 0 Å². The molecule has 6 nitrogen and oxygen atoms in total. The summed E-state index contributed by atoms with van der Waals surface area (Å²) in [4.78, 5) is 26.0. The van der Waals surface area contributed by atoms with E-state index in [1.807, 2.05) is 34.6 Å². The zero-order valence-electron chi connectivity index (χ0n) is 14.7. The first kappa shape index (κ1) is 19.1. The average Bonchev–Trinajstić information content (AvgIpc) is 2.29. The van der Waals surface area contributed by atoms with E-state index in [1.54, 1.807) is 0 Å². The van der Waals surface area contributed by atoms with E-state index in [4.69, 9.17) is 5.73 Å². The number of hydrogen-bond donors (Lipinski definition) is 3. The van der Waals surface area contributed by atoms with Crippen molar-refractivity contribution in [1.29, 1.82) is 0 Å². The molecule has 0 aromatic heterocycles. The lowest BCUT2D eigenvalue weighted by Crippen LogP contribution is -2.63. The number of nitrogens with zero attached hydrogens (tertiary/aromatic N) is 1. The number of rotatable bonds is 6. The molecule has 2 atom stereocenters. The fourth-order valence-corrected chi connectivity index (χ4v) is 2.68. The van der Waals surface area contributed by atoms with Gasteiger partial charge in [0.2, 0.25) is 11.8 Å². The molecule has 6 heteroatoms. The number of likely N-dealkylation sites (tertiary alicyclic amines) is 1. The SMILES string of the molecule is CCC(C)(C)[C@@H](CN1C(=O)CC(C)(C)CC1=O)NC(C)(N)O.[HH].[HH]. The van der Waals surface area contributed by atoms with Crippen molar-refractivity contribution in [3.63, 3.8) is 0 Å². The van der Waals surface area contributed by atoms with Gasteiger partial charge in [-0.2, -0.15) is 0 Å². The van der Waals surface area contributed by atoms with Crippen LogP contribution in [0.3, 0.4) is 0 Å². The second kappa shape index (κ2) is 6.26. The maximum atomic E-state index is 12.3. The summed E-state index contributed by atoms with van der Waals surface area (Å²) in [5, 5.41) is 12.8. The Labute approximate surface area is 136 Å². The first-order valence-corrected chi connectivity index (χ1v) is 7.89. The van der Waals surface area contributed by atoms with Crippen LogP contribution in [-0.2, 0) is 9.59 Å². The maximum absolute atomic E-state index is 12.3. The first-order valence-electron chi connectivity index (χ1n) is 7.89. The number of aliphatic hydroxyl groups is 1. The van der Waals surface area contributed by atoms with Gasteiger partial charge in [-0.05, 0) is 24.2 Å². The number of carbonyl (C=O) groups is 2. The van der Waals surface area contributed by atoms with Gasteiger partial charge in [0.15, 0.2) is 5.85 Å². The molecule has 0 aromatic carbocycles. The lowest BCUT2D eigenvalue weighted by atomic mass is 9.79. The zero-order valence-corrected chi connectivity index (χ0v) is 14.7. The molecule has 4 N–H and O–H groups in total. The minimum Gasteiger partial charge on any atom is -0.363 e. The highest BCUT2D eigenvalue weighted by Crippen LogP contribution is 2.33. The van der Waals surface area contributed by atoms with Gasteiger partial charge in [-0.1, -0.05) is 34.6 Å². The summed E-state index contributed by atoms with van der Waals surface area (Å²) in [5.74, 6) is -1.87. The molecule has 0 saturated carbocycles. The van der Waals surface area contributed by atoms with Crippen LogP contribution in [0.2, 0.25) is 0 Å². The number of nitrogens with two attached hydrogens (primary N) is 1. The summed E-state index contributed by atoms with van der Waals surface area (Å²) in [5.41, 5.74) is 5.15. The minimum atomic E-state index is -1.56. The molecule has 1 aliphatic rings. The molecule has 1 rings (SSSR count). The number of piperidine rings is 1. The fraction of sp³-hybridized carbons (Fsp3) is 0.875. The zero-order chi connectivity index (χ0) is 17.3. The van der Waals surface area contributed by atoms with Crippen LogP contribution in [0.15, 0.2) is 0 Å². The van der Waals surface area contributed by atoms with Crippen molar-refractivity contribution < 1.29 is 17.5 Å². The Balaban J connectivity index is 0. The number of imide groups is 1. The Bertz CT molecular complexity index is 428. The quantitative estimate of drug-likeness (QED) is 0.511. The van der Waals surface area contributed by atoms with Crippen LogP contribution < -0.4 is 11.1 Å². The summed E-state index contributed by atoms with van der Waals surface area (Å²) < 4.78 is 0. The molecule has 0 spiro atoms. The number of hydrogen-bond acceptors (Lipinski definition) is 5. The van der Waals surface area contributed by atoms with Crippen LogP contribution in [0.5, 0.6) is 0 Å². The molecule has 2 amide bonds. The van der Waals surface area contributed by atoms with Crippen LogP contribution in [0.4, 0.5) is 0 Å². The lowest BCUT2D eigenvalue weighted by Gasteiger charge is -2.42. The summed E-state index contributed by atoms with van der Waals surface area (Å²) in [6.07, 6.45) is 1.54. The van der Waals surface area contributed by atoms with Crippen molar-refractivity contribution in [2.45, 2.75) is 72.7 Å². The molecule has 0 bridgehead atoms. The molecule has 1 aliphatic heterocycles. The van der Waals surface area contributed by atoms with Gasteiger partial charge in [0, 0.05) is 28.3 Å². The van der Waals surface area contributed by atoms with Crippen LogP contribution >= 0.6 is 0 Å². The van der Waals surface area contributed by atoms with E-state index in [2.05, 4.69) is 5.32 Å². The highest BCUT2D eigenvalue weighted by molar-refractivity contribution is 5.98. The molecule has 22 heavy (non-hydrogen) atoms. The number of amides is 2. The monoisotopic (exact) mass is 317 g/mol. The topological polar surface area (TPSA) is 95.7 Å². The molecule has 0 radical (unpaired) electrons. The molecule has 1 saturated heterocycles. The van der Waals surface area contributed by atoms with Gasteiger partial charge in [-0.25, -0.2) is 0 Å². The number of carbonyl (C=O) groups excluding carboxylic acids is 2. The Morgan fingerprint density at radius 2 is 1.77 bits per heavy atom. The molecule has 1 heterocycles. The fourth-order valence-electron chi connectivity index (χ4n) is 2.68. The Morgan fingerprint density at radius 3 is 2.14 bits per heavy atom. The van der Waals surface area contributed by atoms with E-state index in [0.29, 0.717) is 12.8 Å². The van der Waals surface area contributed by atoms with Gasteiger partial charge >= 0.3 is 0 Å². The second-order valence-corrected chi connectivity index (χ2v) is 8.10. The standard InChI is InChI=1S/C16H31N3O3.2H2/c1-7-15(4,5)11(18-16(6,17)22)10-19-12(20)8-14(2,3)9-13(19)21;;/h11,18,22H,7-10,17H2,1-6H3;2*1H/t11-,16?;;/m1../s1. The van der Waals surface area contributed by atoms with E-state index < -0.39 is 5.85 Å². The Hall–Kier alpha value is -0.980. The van der Waals surface area contributed by atoms with Crippen LogP contribution in [-0.4, -0.2) is 40.3 Å². The van der Waals surface area contributed by atoms with E-state index in [9.17, 15) is 14.7 Å². The van der Waals surface area contributed by atoms with Gasteiger partial charge in [-0.15, -0.1) is 0 Å². The molecule has 132 valence electrons. The van der Waals surface area contributed by atoms with Crippen molar-refractivity contribution >= 4 is 11.8 Å². The van der Waals surface area contributed by atoms with Gasteiger partial charge in [0.05, 0.1) is 0 Å². The van der Waals surface area contributed by atoms with Crippen LogP contribution in [0.1, 0.15) is 63.7 Å². The third-order valence-electron chi connectivity index (χ3n) is 4.55. The smallest absolute Gasteiger partial charge is 0.229 e. The largest absolute Gasteiger partial charge is 0.363 e. The Morgan fingerprint density at radius 1 is 1.32 bits per heavy atom. The Kier molecular flexibility index (Phi) is 5.42. The van der Waals surface area contributed by atoms with Crippen molar-refractivity contribution in [1.82, 2.24) is 10.2 Å².